The summed E-state index contributed by atoms with van der Waals surface area (Å²) in [6, 6.07) is 12.4. The van der Waals surface area contributed by atoms with Crippen LogP contribution in [0.2, 0.25) is 0 Å². The smallest absolute Gasteiger partial charge is 0.258 e. The van der Waals surface area contributed by atoms with Gasteiger partial charge in [-0.15, -0.1) is 0 Å². The highest BCUT2D eigenvalue weighted by Gasteiger charge is 2.37. The van der Waals surface area contributed by atoms with Crippen LogP contribution in [0.25, 0.3) is 5.78 Å². The molecule has 4 bridgehead atoms. The van der Waals surface area contributed by atoms with Gasteiger partial charge in [-0.05, 0) is 67.6 Å². The molecule has 2 aromatic carbocycles. The van der Waals surface area contributed by atoms with Crippen molar-refractivity contribution in [3.8, 4) is 17.2 Å². The Morgan fingerprint density at radius 2 is 1.85 bits per heavy atom. The van der Waals surface area contributed by atoms with Crippen molar-refractivity contribution in [3.63, 3.8) is 0 Å². The normalized spacial score (nSPS) is 18.8. The molecule has 0 saturated carbocycles. The lowest BCUT2D eigenvalue weighted by Crippen LogP contribution is -2.45. The van der Waals surface area contributed by atoms with Gasteiger partial charge in [0.05, 0.1) is 19.7 Å². The lowest BCUT2D eigenvalue weighted by molar-refractivity contribution is -0.130. The monoisotopic (exact) mass is 627 g/mol. The molecule has 2 N–H and O–H groups in total. The number of amides is 3. The van der Waals surface area contributed by atoms with E-state index >= 15 is 0 Å². The van der Waals surface area contributed by atoms with E-state index in [-0.39, 0.29) is 37.2 Å². The van der Waals surface area contributed by atoms with Crippen molar-refractivity contribution in [2.24, 2.45) is 0 Å². The number of carbonyl (C=O) groups excluding carboxylic acids is 3. The fraction of sp³-hybridized carbons (Fsp3) is 0.394. The van der Waals surface area contributed by atoms with Gasteiger partial charge < -0.3 is 29.7 Å². The van der Waals surface area contributed by atoms with Crippen molar-refractivity contribution in [3.05, 3.63) is 76.9 Å². The molecule has 4 aromatic rings. The van der Waals surface area contributed by atoms with E-state index < -0.39 is 12.1 Å². The van der Waals surface area contributed by atoms with Crippen LogP contribution in [-0.4, -0.2) is 81.2 Å². The van der Waals surface area contributed by atoms with Gasteiger partial charge in [-0.3, -0.25) is 14.4 Å². The summed E-state index contributed by atoms with van der Waals surface area (Å²) < 4.78 is 19.2. The molecule has 2 aromatic heterocycles. The van der Waals surface area contributed by atoms with Gasteiger partial charge in [0.25, 0.3) is 11.7 Å². The maximum Gasteiger partial charge on any atom is 0.258 e. The Bertz CT molecular complexity index is 1760. The van der Waals surface area contributed by atoms with E-state index in [4.69, 9.17) is 14.2 Å². The Morgan fingerprint density at radius 1 is 1.04 bits per heavy atom. The van der Waals surface area contributed by atoms with Crippen LogP contribution in [0.3, 0.4) is 0 Å². The molecule has 1 saturated heterocycles. The van der Waals surface area contributed by atoms with E-state index in [9.17, 15) is 14.4 Å². The third-order valence-electron chi connectivity index (χ3n) is 8.47. The molecule has 2 atom stereocenters. The number of fused-ring (bicyclic) bond motifs is 1. The van der Waals surface area contributed by atoms with Crippen molar-refractivity contribution in [2.45, 2.75) is 58.2 Å². The highest BCUT2D eigenvalue weighted by Crippen LogP contribution is 2.29. The average molecular weight is 628 g/mol. The number of ether oxygens (including phenoxy) is 3. The maximum atomic E-state index is 13.5. The third-order valence-corrected chi connectivity index (χ3v) is 8.47. The van der Waals surface area contributed by atoms with Crippen LogP contribution in [0.4, 0.5) is 0 Å². The Labute approximate surface area is 266 Å². The van der Waals surface area contributed by atoms with Crippen LogP contribution in [0.5, 0.6) is 17.2 Å². The molecule has 5 aliphatic rings. The van der Waals surface area contributed by atoms with Crippen molar-refractivity contribution in [2.75, 3.05) is 26.8 Å². The number of aromatic nitrogens is 4. The number of aryl methyl sites for hydroxylation is 3. The molecule has 0 spiro atoms. The van der Waals surface area contributed by atoms with Crippen LogP contribution in [0.1, 0.15) is 40.9 Å². The predicted octanol–water partition coefficient (Wildman–Crippen LogP) is 2.10. The van der Waals surface area contributed by atoms with E-state index in [0.29, 0.717) is 55.5 Å². The lowest BCUT2D eigenvalue weighted by atomic mass is 10.1. The molecular formula is C33H37N7O6. The van der Waals surface area contributed by atoms with Crippen LogP contribution in [0.15, 0.2) is 48.8 Å². The summed E-state index contributed by atoms with van der Waals surface area (Å²) in [5.74, 6) is 1.62. The number of hydrogen-bond donors (Lipinski definition) is 2. The van der Waals surface area contributed by atoms with Gasteiger partial charge in [0, 0.05) is 37.3 Å². The molecular weight excluding hydrogens is 590 g/mol. The first-order valence-corrected chi connectivity index (χ1v) is 15.3. The number of nitrogens with zero attached hydrogens (tertiary/aromatic N) is 5. The number of carbonyl (C=O) groups is 3. The Morgan fingerprint density at radius 3 is 2.65 bits per heavy atom. The van der Waals surface area contributed by atoms with Crippen molar-refractivity contribution >= 4 is 23.5 Å². The van der Waals surface area contributed by atoms with Gasteiger partial charge in [0.1, 0.15) is 18.2 Å². The van der Waals surface area contributed by atoms with Gasteiger partial charge in [0.15, 0.2) is 18.1 Å². The number of rotatable bonds is 4. The van der Waals surface area contributed by atoms with Gasteiger partial charge in [-0.25, -0.2) is 9.50 Å². The van der Waals surface area contributed by atoms with E-state index in [2.05, 4.69) is 25.7 Å². The minimum absolute atomic E-state index is 0.0335. The second-order valence-electron chi connectivity index (χ2n) is 11.6. The number of likely N-dealkylation sites (tertiary alicyclic amines) is 1. The van der Waals surface area contributed by atoms with Gasteiger partial charge in [-0.1, -0.05) is 18.2 Å². The molecule has 0 unspecified atom stereocenters. The minimum atomic E-state index is -0.447. The average Bonchev–Trinajstić information content (AvgIpc) is 3.69. The Balaban J connectivity index is 1.18. The molecule has 1 fully saturated rings. The van der Waals surface area contributed by atoms with Crippen LogP contribution >= 0.6 is 0 Å². The zero-order chi connectivity index (χ0) is 32.2. The highest BCUT2D eigenvalue weighted by molar-refractivity contribution is 5.79. The largest absolute Gasteiger partial charge is 0.493 e. The first-order valence-electron chi connectivity index (χ1n) is 15.3. The molecule has 3 amide bonds. The molecule has 240 valence electrons. The summed E-state index contributed by atoms with van der Waals surface area (Å²) in [6.07, 6.45) is 2.50. The SMILES string of the molecule is COc1cc2ccc1OCC(=O)NCc1ccc(cc1)O[C@H]1CN(C(=O)CCc3c(C)nc4ncnn4c3C)C[C@@H]1NC(=O)CC2. The fourth-order valence-electron chi connectivity index (χ4n) is 5.92. The summed E-state index contributed by atoms with van der Waals surface area (Å²) in [7, 11) is 1.53. The number of hydrogen-bond acceptors (Lipinski definition) is 9. The molecule has 5 aliphatic heterocycles. The second-order valence-corrected chi connectivity index (χ2v) is 11.6. The zero-order valence-corrected chi connectivity index (χ0v) is 26.1. The molecule has 46 heavy (non-hydrogen) atoms. The first kappa shape index (κ1) is 30.8. The van der Waals surface area contributed by atoms with Crippen molar-refractivity contribution in [1.82, 2.24) is 35.1 Å². The zero-order valence-electron chi connectivity index (χ0n) is 26.1. The van der Waals surface area contributed by atoms with E-state index in [1.165, 1.54) is 13.4 Å². The number of benzene rings is 2. The Hall–Kier alpha value is -5.20. The second kappa shape index (κ2) is 13.4. The van der Waals surface area contributed by atoms with E-state index in [1.54, 1.807) is 21.5 Å². The predicted molar refractivity (Wildman–Crippen MR) is 167 cm³/mol. The molecule has 13 heteroatoms. The van der Waals surface area contributed by atoms with Crippen LogP contribution in [-0.2, 0) is 33.8 Å². The van der Waals surface area contributed by atoms with E-state index in [1.807, 2.05) is 44.2 Å². The summed E-state index contributed by atoms with van der Waals surface area (Å²) in [6.45, 7) is 4.69. The summed E-state index contributed by atoms with van der Waals surface area (Å²) in [4.78, 5) is 49.6. The molecule has 0 aliphatic carbocycles. The number of nitrogens with one attached hydrogen (secondary N) is 2. The summed E-state index contributed by atoms with van der Waals surface area (Å²) in [5.41, 5.74) is 4.46. The standard InChI is InChI=1S/C33H37N7O6/c1-20-25(21(2)40-33(37-20)35-19-36-40)10-13-32(43)39-16-26-29(17-39)46-24-8-4-23(5-9-24)15-34-31(42)18-45-27-11-6-22(14-28(27)44-3)7-12-30(41)38-26/h4-6,8-9,11,14,19,26,29H,7,10,12-13,15-18H2,1-3H3,(H,34,42)(H,38,41)/t26-,29-/m0/s1. The van der Waals surface area contributed by atoms with Crippen molar-refractivity contribution in [1.29, 1.82) is 0 Å². The summed E-state index contributed by atoms with van der Waals surface area (Å²) >= 11 is 0. The first-order chi connectivity index (χ1) is 22.3. The van der Waals surface area contributed by atoms with Crippen LogP contribution < -0.4 is 24.8 Å². The van der Waals surface area contributed by atoms with Crippen molar-refractivity contribution < 1.29 is 28.6 Å². The molecule has 13 nitrogen and oxygen atoms in total. The van der Waals surface area contributed by atoms with Gasteiger partial charge >= 0.3 is 0 Å². The van der Waals surface area contributed by atoms with Crippen LogP contribution in [0, 0.1) is 13.8 Å². The van der Waals surface area contributed by atoms with Gasteiger partial charge in [0.2, 0.25) is 11.8 Å². The molecule has 0 radical (unpaired) electrons. The maximum absolute atomic E-state index is 13.5. The van der Waals surface area contributed by atoms with Gasteiger partial charge in [-0.2, -0.15) is 10.1 Å². The topological polar surface area (TPSA) is 149 Å². The quantitative estimate of drug-likeness (QED) is 0.347. The fourth-order valence-corrected chi connectivity index (χ4v) is 5.92. The highest BCUT2D eigenvalue weighted by atomic mass is 16.5. The molecule has 9 rings (SSSR count). The lowest BCUT2D eigenvalue weighted by Gasteiger charge is -2.21. The Kier molecular flexibility index (Phi) is 8.99. The molecule has 7 heterocycles. The minimum Gasteiger partial charge on any atom is -0.493 e. The third kappa shape index (κ3) is 6.87. The van der Waals surface area contributed by atoms with E-state index in [0.717, 1.165) is 28.1 Å². The summed E-state index contributed by atoms with van der Waals surface area (Å²) in [5, 5.41) is 10.2. The number of methoxy groups -OCH3 is 1.